The van der Waals surface area contributed by atoms with E-state index in [1.165, 1.54) is 44.7 Å². The number of amides is 1. The molecule has 0 radical (unpaired) electrons. The predicted molar refractivity (Wildman–Crippen MR) is 276 cm³/mol. The summed E-state index contributed by atoms with van der Waals surface area (Å²) in [6, 6.07) is 14.9. The van der Waals surface area contributed by atoms with Crippen molar-refractivity contribution in [2.75, 3.05) is 19.8 Å². The van der Waals surface area contributed by atoms with E-state index in [-0.39, 0.29) is 16.7 Å². The summed E-state index contributed by atoms with van der Waals surface area (Å²) in [4.78, 5) is 103. The van der Waals surface area contributed by atoms with Crippen molar-refractivity contribution in [3.05, 3.63) is 82.9 Å². The first-order valence-corrected chi connectivity index (χ1v) is 26.5. The highest BCUT2D eigenvalue weighted by Crippen LogP contribution is 2.65. The second kappa shape index (κ2) is 21.6. The quantitative estimate of drug-likeness (QED) is 0.101. The van der Waals surface area contributed by atoms with Crippen LogP contribution in [0.25, 0.3) is 0 Å². The molecular weight excluding hydrogens is 1140 g/mol. The number of rotatable bonds is 10. The summed E-state index contributed by atoms with van der Waals surface area (Å²) in [5.41, 5.74) is -11.2. The molecule has 3 aliphatic carbocycles. The van der Waals surface area contributed by atoms with E-state index < -0.39 is 164 Å². The van der Waals surface area contributed by atoms with Crippen molar-refractivity contribution < 1.29 is 86.0 Å². The highest BCUT2D eigenvalue weighted by molar-refractivity contribution is 6.68. The van der Waals surface area contributed by atoms with Crippen LogP contribution in [0.3, 0.4) is 0 Å². The average Bonchev–Trinajstić information content (AvgIpc) is 3.61. The van der Waals surface area contributed by atoms with Crippen LogP contribution in [-0.4, -0.2) is 139 Å². The van der Waals surface area contributed by atoms with E-state index in [0.717, 1.165) is 6.92 Å². The zero-order chi connectivity index (χ0) is 57.2. The molecule has 2 aromatic rings. The van der Waals surface area contributed by atoms with Crippen LogP contribution in [0.2, 0.25) is 0 Å². The molecule has 0 aromatic heterocycles. The monoisotopic (exact) mass is 1200 g/mol. The van der Waals surface area contributed by atoms with Gasteiger partial charge in [-0.15, -0.1) is 0 Å². The Morgan fingerprint density at radius 1 is 0.792 bits per heavy atom. The standard InChI is InChI=1S/C52H59Cl6NO18/c1-26-30(71-41(63)36-34(28-17-13-11-14-18-28)59(47(8,9)76-36)42(64)77-45(3,4)5)22-50(67)39(74-40(62)29-19-15-12-16-20-29)37-48(10,38(61)35(33(26)46(50,6)7)73-44(66)70-25-52(56,57)58)31(72-43(65)69-24-51(53,54)55)21-32-49(37,23-68-32)75-27(2)60/h11-20,30-32,34-37,39,67H,21-25H2,1-10H3/t30-,31-,32+,34-,35+,36+,37-,39-,48+,49-,50+/m1/s1. The third kappa shape index (κ3) is 12.0. The lowest BCUT2D eigenvalue weighted by molar-refractivity contribution is -0.346. The molecule has 7 rings (SSSR count). The fraction of sp³-hybridized carbons (Fsp3) is 0.596. The van der Waals surface area contributed by atoms with E-state index >= 15 is 9.59 Å². The van der Waals surface area contributed by atoms with Crippen molar-refractivity contribution in [1.82, 2.24) is 4.90 Å². The largest absolute Gasteiger partial charge is 0.509 e. The second-order valence-electron chi connectivity index (χ2n) is 21.8. The summed E-state index contributed by atoms with van der Waals surface area (Å²) in [5.74, 6) is -5.96. The van der Waals surface area contributed by atoms with Gasteiger partial charge in [-0.3, -0.25) is 14.5 Å². The molecule has 2 saturated carbocycles. The first-order chi connectivity index (χ1) is 35.5. The van der Waals surface area contributed by atoms with Crippen molar-refractivity contribution in [3.63, 3.8) is 0 Å². The molecule has 4 fully saturated rings. The number of esters is 3. The Morgan fingerprint density at radius 2 is 1.35 bits per heavy atom. The Kier molecular flexibility index (Phi) is 16.9. The third-order valence-electron chi connectivity index (χ3n) is 14.8. The molecule has 2 bridgehead atoms. The minimum absolute atomic E-state index is 0.0306. The number of benzene rings is 2. The van der Waals surface area contributed by atoms with Crippen molar-refractivity contribution in [1.29, 1.82) is 0 Å². The van der Waals surface area contributed by atoms with Crippen LogP contribution in [0.1, 0.15) is 104 Å². The van der Waals surface area contributed by atoms with Crippen LogP contribution in [0.5, 0.6) is 0 Å². The van der Waals surface area contributed by atoms with Gasteiger partial charge in [0.15, 0.2) is 23.6 Å². The average molecular weight is 1200 g/mol. The normalized spacial score (nSPS) is 31.4. The molecule has 5 aliphatic rings. The highest BCUT2D eigenvalue weighted by Gasteiger charge is 2.79. The molecule has 1 amide bonds. The van der Waals surface area contributed by atoms with Crippen LogP contribution in [0.15, 0.2) is 71.8 Å². The van der Waals surface area contributed by atoms with Crippen molar-refractivity contribution in [2.45, 2.75) is 155 Å². The Morgan fingerprint density at radius 3 is 1.87 bits per heavy atom. The van der Waals surface area contributed by atoms with Crippen molar-refractivity contribution in [3.8, 4) is 0 Å². The number of ether oxygens (including phenoxy) is 10. The number of aliphatic hydroxyl groups is 1. The molecule has 0 unspecified atom stereocenters. The number of fused-ring (bicyclic) bond motifs is 5. The molecule has 2 heterocycles. The lowest BCUT2D eigenvalue weighted by Gasteiger charge is -2.67. The Labute approximate surface area is 474 Å². The van der Waals surface area contributed by atoms with Gasteiger partial charge in [0, 0.05) is 25.2 Å². The fourth-order valence-electron chi connectivity index (χ4n) is 11.5. The van der Waals surface area contributed by atoms with Gasteiger partial charge in [-0.2, -0.15) is 0 Å². The lowest BCUT2D eigenvalue weighted by Crippen LogP contribution is -2.82. The maximum absolute atomic E-state index is 16.4. The van der Waals surface area contributed by atoms with Gasteiger partial charge in [0.1, 0.15) is 60.6 Å². The molecule has 2 aliphatic heterocycles. The summed E-state index contributed by atoms with van der Waals surface area (Å²) < 4.78 is 55.5. The van der Waals surface area contributed by atoms with Crippen LogP contribution >= 0.6 is 69.6 Å². The number of Topliss-reactive ketones (excluding diaryl/α,β-unsaturated/α-hetero) is 1. The topological polar surface area (TPSA) is 235 Å². The molecule has 2 aromatic carbocycles. The van der Waals surface area contributed by atoms with Gasteiger partial charge in [0.2, 0.25) is 7.59 Å². The van der Waals surface area contributed by atoms with Crippen molar-refractivity contribution in [2.24, 2.45) is 16.7 Å². The number of hydrogen-bond acceptors (Lipinski definition) is 18. The summed E-state index contributed by atoms with van der Waals surface area (Å²) >= 11 is 35.6. The van der Waals surface area contributed by atoms with E-state index in [2.05, 4.69) is 0 Å². The van der Waals surface area contributed by atoms with Gasteiger partial charge in [-0.1, -0.05) is 132 Å². The van der Waals surface area contributed by atoms with Gasteiger partial charge in [0.25, 0.3) is 0 Å². The summed E-state index contributed by atoms with van der Waals surface area (Å²) in [6.45, 7) is 12.7. The van der Waals surface area contributed by atoms with Gasteiger partial charge in [0.05, 0.1) is 23.5 Å². The maximum Gasteiger partial charge on any atom is 0.509 e. The summed E-state index contributed by atoms with van der Waals surface area (Å²) in [5, 5.41) is 14.2. The third-order valence-corrected chi connectivity index (χ3v) is 15.5. The molecular formula is C52H59Cl6NO18. The number of hydrogen-bond donors (Lipinski definition) is 1. The first-order valence-electron chi connectivity index (χ1n) is 24.3. The van der Waals surface area contributed by atoms with Crippen LogP contribution in [-0.2, 0) is 61.8 Å². The van der Waals surface area contributed by atoms with Gasteiger partial charge in [-0.05, 0) is 77.3 Å². The minimum atomic E-state index is -2.62. The lowest BCUT2D eigenvalue weighted by atomic mass is 9.44. The van der Waals surface area contributed by atoms with E-state index in [4.69, 9.17) is 117 Å². The first kappa shape index (κ1) is 60.3. The molecule has 77 heavy (non-hydrogen) atoms. The number of carbonyl (C=O) groups is 7. The number of halogens is 6. The molecule has 2 saturated heterocycles. The smallest absolute Gasteiger partial charge is 0.456 e. The minimum Gasteiger partial charge on any atom is -0.456 e. The molecule has 422 valence electrons. The van der Waals surface area contributed by atoms with Gasteiger partial charge < -0.3 is 52.5 Å². The molecule has 11 atom stereocenters. The molecule has 19 nitrogen and oxygen atoms in total. The van der Waals surface area contributed by atoms with Crippen molar-refractivity contribution >= 4 is 112 Å². The Balaban J connectivity index is 1.47. The number of alkyl halides is 6. The molecule has 0 spiro atoms. The van der Waals surface area contributed by atoms with E-state index in [9.17, 15) is 29.1 Å². The van der Waals surface area contributed by atoms with E-state index in [1.54, 1.807) is 83.1 Å². The summed E-state index contributed by atoms with van der Waals surface area (Å²) in [7, 11) is 0. The SMILES string of the molecule is CC(=O)O[C@]12CO[C@H]1C[C@@H](OC(=O)OCC(Cl)(Cl)Cl)[C@]1(C)C(=O)[C@@H](OC(=O)OCC(Cl)(Cl)Cl)C3=C(C)[C@H](OC(=O)[C@H]4OC(C)(C)N(C(=O)OC(C)(C)C)[C@@H]4c4ccccc4)C[C@](O)([C@H](OC(=O)c4ccccc4)[C@@H]21)C3(C)C. The Bertz CT molecular complexity index is 2670. The van der Waals surface area contributed by atoms with Crippen LogP contribution < -0.4 is 0 Å². The predicted octanol–water partition coefficient (Wildman–Crippen LogP) is 9.81. The van der Waals surface area contributed by atoms with E-state index in [1.807, 2.05) is 0 Å². The summed E-state index contributed by atoms with van der Waals surface area (Å²) in [6.07, 6.45) is -15.4. The molecule has 25 heteroatoms. The van der Waals surface area contributed by atoms with Gasteiger partial charge in [-0.25, -0.2) is 24.0 Å². The van der Waals surface area contributed by atoms with Crippen LogP contribution in [0, 0.1) is 16.7 Å². The number of nitrogens with zero attached hydrogens (tertiary/aromatic N) is 1. The second-order valence-corrected chi connectivity index (χ2v) is 26.8. The fourth-order valence-corrected chi connectivity index (χ4v) is 11.8. The Hall–Kier alpha value is -4.31. The number of carbonyl (C=O) groups excluding carboxylic acids is 7. The van der Waals surface area contributed by atoms with Crippen LogP contribution in [0.4, 0.5) is 14.4 Å². The maximum atomic E-state index is 16.4. The zero-order valence-electron chi connectivity index (χ0n) is 43.5. The van der Waals surface area contributed by atoms with E-state index in [0.29, 0.717) is 5.56 Å². The van der Waals surface area contributed by atoms with Gasteiger partial charge >= 0.3 is 36.3 Å². The highest BCUT2D eigenvalue weighted by atomic mass is 35.6. The number of ketones is 1. The molecule has 1 N–H and O–H groups in total. The zero-order valence-corrected chi connectivity index (χ0v) is 48.1.